The van der Waals surface area contributed by atoms with Crippen LogP contribution in [0.4, 0.5) is 4.39 Å². The molecule has 0 aliphatic rings. The zero-order valence-electron chi connectivity index (χ0n) is 7.62. The highest BCUT2D eigenvalue weighted by Crippen LogP contribution is 1.99. The third kappa shape index (κ3) is 3.49. The lowest BCUT2D eigenvalue weighted by atomic mass is 10.2. The van der Waals surface area contributed by atoms with Crippen LogP contribution in [0.5, 0.6) is 0 Å². The van der Waals surface area contributed by atoms with Gasteiger partial charge in [0.05, 0.1) is 6.21 Å². The van der Waals surface area contributed by atoms with Crippen molar-refractivity contribution < 1.29 is 4.39 Å². The Morgan fingerprint density at radius 3 is 2.64 bits per heavy atom. The van der Waals surface area contributed by atoms with Gasteiger partial charge in [0.15, 0.2) is 5.11 Å². The fraction of sp³-hybridized carbons (Fsp3) is 0.111. The number of thiocarbonyl (C=S) groups is 1. The Labute approximate surface area is 87.0 Å². The standard InChI is InChI=1S/C9H10FN3S/c1-11-9(14)13-12-6-7-2-4-8(10)5-3-7/h2-6H,1H3,(H2,11,13,14)/b12-6+. The minimum Gasteiger partial charge on any atom is -0.364 e. The van der Waals surface area contributed by atoms with Crippen LogP contribution >= 0.6 is 12.2 Å². The monoisotopic (exact) mass is 211 g/mol. The summed E-state index contributed by atoms with van der Waals surface area (Å²) in [6, 6.07) is 6.00. The molecule has 5 heteroatoms. The van der Waals surface area contributed by atoms with Gasteiger partial charge in [0.2, 0.25) is 0 Å². The quantitative estimate of drug-likeness (QED) is 0.439. The highest BCUT2D eigenvalue weighted by atomic mass is 32.1. The van der Waals surface area contributed by atoms with E-state index in [1.807, 2.05) is 0 Å². The number of rotatable bonds is 2. The lowest BCUT2D eigenvalue weighted by molar-refractivity contribution is 0.628. The SMILES string of the molecule is CNC(=S)N/N=C/c1ccc(F)cc1. The molecule has 0 aliphatic carbocycles. The first-order valence-electron chi connectivity index (χ1n) is 3.98. The van der Waals surface area contributed by atoms with Gasteiger partial charge in [0, 0.05) is 7.05 Å². The molecule has 0 atom stereocenters. The fourth-order valence-electron chi connectivity index (χ4n) is 0.770. The van der Waals surface area contributed by atoms with E-state index in [1.165, 1.54) is 12.1 Å². The molecule has 3 nitrogen and oxygen atoms in total. The van der Waals surface area contributed by atoms with Gasteiger partial charge in [-0.15, -0.1) is 0 Å². The van der Waals surface area contributed by atoms with Gasteiger partial charge in [-0.1, -0.05) is 12.1 Å². The summed E-state index contributed by atoms with van der Waals surface area (Å²) < 4.78 is 12.5. The molecule has 0 radical (unpaired) electrons. The Morgan fingerprint density at radius 1 is 1.43 bits per heavy atom. The molecule has 0 spiro atoms. The highest BCUT2D eigenvalue weighted by Gasteiger charge is 1.89. The van der Waals surface area contributed by atoms with Gasteiger partial charge in [-0.3, -0.25) is 5.43 Å². The normalized spacial score (nSPS) is 10.1. The van der Waals surface area contributed by atoms with Gasteiger partial charge in [-0.2, -0.15) is 5.10 Å². The van der Waals surface area contributed by atoms with Crippen molar-refractivity contribution in [3.8, 4) is 0 Å². The zero-order chi connectivity index (χ0) is 10.4. The Morgan fingerprint density at radius 2 is 2.07 bits per heavy atom. The van der Waals surface area contributed by atoms with E-state index in [-0.39, 0.29) is 5.82 Å². The lowest BCUT2D eigenvalue weighted by Gasteiger charge is -1.99. The van der Waals surface area contributed by atoms with E-state index in [2.05, 4.69) is 15.8 Å². The van der Waals surface area contributed by atoms with Crippen LogP contribution in [-0.2, 0) is 0 Å². The van der Waals surface area contributed by atoms with Crippen molar-refractivity contribution >= 4 is 23.5 Å². The summed E-state index contributed by atoms with van der Waals surface area (Å²) in [5.41, 5.74) is 3.39. The summed E-state index contributed by atoms with van der Waals surface area (Å²) >= 11 is 4.80. The molecule has 0 saturated heterocycles. The fourth-order valence-corrected chi connectivity index (χ4v) is 0.823. The third-order valence-electron chi connectivity index (χ3n) is 1.48. The number of nitrogens with zero attached hydrogens (tertiary/aromatic N) is 1. The maximum atomic E-state index is 12.5. The molecule has 1 aromatic rings. The Hall–Kier alpha value is -1.49. The average Bonchev–Trinajstić information content (AvgIpc) is 2.21. The van der Waals surface area contributed by atoms with Crippen molar-refractivity contribution in [1.29, 1.82) is 0 Å². The molecule has 0 unspecified atom stereocenters. The average molecular weight is 211 g/mol. The van der Waals surface area contributed by atoms with E-state index in [0.29, 0.717) is 5.11 Å². The van der Waals surface area contributed by atoms with Crippen molar-refractivity contribution in [3.63, 3.8) is 0 Å². The summed E-state index contributed by atoms with van der Waals surface area (Å²) in [5.74, 6) is -0.263. The van der Waals surface area contributed by atoms with Crippen LogP contribution < -0.4 is 10.7 Å². The van der Waals surface area contributed by atoms with Gasteiger partial charge in [-0.25, -0.2) is 4.39 Å². The number of hydrazone groups is 1. The maximum Gasteiger partial charge on any atom is 0.186 e. The second-order valence-electron chi connectivity index (χ2n) is 2.50. The van der Waals surface area contributed by atoms with Crippen molar-refractivity contribution in [3.05, 3.63) is 35.6 Å². The molecule has 1 rings (SSSR count). The largest absolute Gasteiger partial charge is 0.364 e. The molecule has 74 valence electrons. The summed E-state index contributed by atoms with van der Waals surface area (Å²) in [6.45, 7) is 0. The molecule has 0 heterocycles. The molecule has 14 heavy (non-hydrogen) atoms. The number of nitrogens with one attached hydrogen (secondary N) is 2. The van der Waals surface area contributed by atoms with Crippen LogP contribution in [0.3, 0.4) is 0 Å². The molecule has 0 aliphatic heterocycles. The van der Waals surface area contributed by atoms with E-state index in [0.717, 1.165) is 5.56 Å². The predicted octanol–water partition coefficient (Wildman–Crippen LogP) is 1.25. The van der Waals surface area contributed by atoms with E-state index in [9.17, 15) is 4.39 Å². The van der Waals surface area contributed by atoms with Crippen LogP contribution in [0.15, 0.2) is 29.4 Å². The smallest absolute Gasteiger partial charge is 0.186 e. The van der Waals surface area contributed by atoms with Gasteiger partial charge < -0.3 is 5.32 Å². The summed E-state index contributed by atoms with van der Waals surface area (Å²) in [5, 5.41) is 6.98. The van der Waals surface area contributed by atoms with Crippen LogP contribution in [0.1, 0.15) is 5.56 Å². The van der Waals surface area contributed by atoms with E-state index in [1.54, 1.807) is 25.4 Å². The van der Waals surface area contributed by atoms with Crippen LogP contribution in [-0.4, -0.2) is 18.4 Å². The van der Waals surface area contributed by atoms with Crippen molar-refractivity contribution in [2.24, 2.45) is 5.10 Å². The predicted molar refractivity (Wildman–Crippen MR) is 58.8 cm³/mol. The number of hydrogen-bond acceptors (Lipinski definition) is 2. The second-order valence-corrected chi connectivity index (χ2v) is 2.91. The molecular formula is C9H10FN3S. The molecule has 2 N–H and O–H groups in total. The second kappa shape index (κ2) is 5.29. The van der Waals surface area contributed by atoms with Crippen molar-refractivity contribution in [1.82, 2.24) is 10.7 Å². The maximum absolute atomic E-state index is 12.5. The third-order valence-corrected chi connectivity index (χ3v) is 1.77. The molecule has 1 aromatic carbocycles. The Kier molecular flexibility index (Phi) is 4.00. The minimum atomic E-state index is -0.263. The first-order valence-corrected chi connectivity index (χ1v) is 4.39. The van der Waals surface area contributed by atoms with Crippen molar-refractivity contribution in [2.45, 2.75) is 0 Å². The first kappa shape index (κ1) is 10.6. The molecule has 0 amide bonds. The zero-order valence-corrected chi connectivity index (χ0v) is 8.44. The molecule has 0 saturated carbocycles. The van der Waals surface area contributed by atoms with Gasteiger partial charge >= 0.3 is 0 Å². The molecule has 0 bridgehead atoms. The summed E-state index contributed by atoms with van der Waals surface area (Å²) in [7, 11) is 1.70. The Balaban J connectivity index is 2.52. The minimum absolute atomic E-state index is 0.263. The molecule has 0 aromatic heterocycles. The van der Waals surface area contributed by atoms with E-state index >= 15 is 0 Å². The van der Waals surface area contributed by atoms with Gasteiger partial charge in [0.1, 0.15) is 5.82 Å². The number of benzene rings is 1. The highest BCUT2D eigenvalue weighted by molar-refractivity contribution is 7.80. The molecule has 0 fully saturated rings. The van der Waals surface area contributed by atoms with Crippen LogP contribution in [0.25, 0.3) is 0 Å². The van der Waals surface area contributed by atoms with Crippen molar-refractivity contribution in [2.75, 3.05) is 7.05 Å². The van der Waals surface area contributed by atoms with Crippen LogP contribution in [0.2, 0.25) is 0 Å². The summed E-state index contributed by atoms with van der Waals surface area (Å²) in [4.78, 5) is 0. The lowest BCUT2D eigenvalue weighted by Crippen LogP contribution is -2.28. The number of hydrogen-bond donors (Lipinski definition) is 2. The number of halogens is 1. The van der Waals surface area contributed by atoms with Gasteiger partial charge in [0.25, 0.3) is 0 Å². The van der Waals surface area contributed by atoms with E-state index in [4.69, 9.17) is 12.2 Å². The van der Waals surface area contributed by atoms with Crippen LogP contribution in [0, 0.1) is 5.82 Å². The topological polar surface area (TPSA) is 36.4 Å². The first-order chi connectivity index (χ1) is 6.72. The Bertz CT molecular complexity index is 334. The summed E-state index contributed by atoms with van der Waals surface area (Å²) in [6.07, 6.45) is 1.56. The molecular weight excluding hydrogens is 201 g/mol. The van der Waals surface area contributed by atoms with Gasteiger partial charge in [-0.05, 0) is 29.9 Å². The van der Waals surface area contributed by atoms with E-state index < -0.39 is 0 Å².